The Labute approximate surface area is 551 Å². The number of aliphatic hydroxyl groups is 5. The van der Waals surface area contributed by atoms with Gasteiger partial charge in [-0.05, 0) is 147 Å². The van der Waals surface area contributed by atoms with E-state index in [0.29, 0.717) is 50.1 Å². The zero-order chi connectivity index (χ0) is 67.9. The van der Waals surface area contributed by atoms with E-state index in [2.05, 4.69) is 0 Å². The van der Waals surface area contributed by atoms with E-state index in [1.807, 2.05) is 0 Å². The number of ether oxygens (including phenoxy) is 3. The highest BCUT2D eigenvalue weighted by Crippen LogP contribution is 2.74. The Morgan fingerprint density at radius 3 is 1.38 bits per heavy atom. The van der Waals surface area contributed by atoms with Gasteiger partial charge in [0.25, 0.3) is 0 Å². The molecule has 0 spiro atoms. The van der Waals surface area contributed by atoms with Crippen molar-refractivity contribution >= 4 is 0 Å². The summed E-state index contributed by atoms with van der Waals surface area (Å²) in [5, 5.41) is 212. The van der Waals surface area contributed by atoms with Gasteiger partial charge in [-0.1, -0.05) is 60.7 Å². The molecule has 21 heteroatoms. The van der Waals surface area contributed by atoms with Gasteiger partial charge in [0.15, 0.2) is 0 Å². The van der Waals surface area contributed by atoms with E-state index in [-0.39, 0.29) is 90.9 Å². The van der Waals surface area contributed by atoms with Crippen molar-refractivity contribution in [3.63, 3.8) is 0 Å². The van der Waals surface area contributed by atoms with Gasteiger partial charge in [-0.15, -0.1) is 0 Å². The number of aromatic hydroxyl groups is 13. The van der Waals surface area contributed by atoms with Gasteiger partial charge in [0.05, 0.1) is 24.5 Å². The maximum absolute atomic E-state index is 14.6. The number of hydrogen-bond acceptors (Lipinski definition) is 21. The van der Waals surface area contributed by atoms with E-state index < -0.39 is 131 Å². The third-order valence-electron chi connectivity index (χ3n) is 20.2. The number of phenols is 13. The first-order valence-electron chi connectivity index (χ1n) is 31.3. The molecule has 10 aromatic rings. The fourth-order valence-electron chi connectivity index (χ4n) is 16.3. The van der Waals surface area contributed by atoms with Crippen LogP contribution in [0.4, 0.5) is 0 Å². The molecular weight excluding hydrogens is 1250 g/mol. The van der Waals surface area contributed by atoms with Crippen LogP contribution in [-0.4, -0.2) is 123 Å². The van der Waals surface area contributed by atoms with Crippen molar-refractivity contribution in [2.24, 2.45) is 0 Å². The van der Waals surface area contributed by atoms with Gasteiger partial charge in [0, 0.05) is 87.2 Å². The van der Waals surface area contributed by atoms with Crippen LogP contribution in [0, 0.1) is 0 Å². The van der Waals surface area contributed by atoms with Crippen LogP contribution >= 0.6 is 0 Å². The third kappa shape index (κ3) is 10.1. The number of phenolic OH excluding ortho intramolecular Hbond substituents is 13. The number of rotatable bonds is 12. The second-order valence-corrected chi connectivity index (χ2v) is 25.7. The quantitative estimate of drug-likeness (QED) is 0.0540. The molecule has 0 aromatic heterocycles. The summed E-state index contributed by atoms with van der Waals surface area (Å²) in [5.74, 6) is -12.9. The molecule has 97 heavy (non-hydrogen) atoms. The Morgan fingerprint density at radius 1 is 0.351 bits per heavy atom. The maximum atomic E-state index is 14.6. The molecule has 3 aliphatic heterocycles. The van der Waals surface area contributed by atoms with Gasteiger partial charge in [0.2, 0.25) is 0 Å². The number of benzene rings is 10. The average Bonchev–Trinajstić information content (AvgIpc) is 1.51. The molecule has 0 radical (unpaired) electrons. The minimum atomic E-state index is -2.15. The molecule has 21 nitrogen and oxygen atoms in total. The van der Waals surface area contributed by atoms with Crippen molar-refractivity contribution in [3.05, 3.63) is 265 Å². The second kappa shape index (κ2) is 23.4. The Kier molecular flexibility index (Phi) is 15.0. The lowest BCUT2D eigenvalue weighted by Gasteiger charge is -2.41. The maximum Gasteiger partial charge on any atom is 0.135 e. The Hall–Kier alpha value is -11.0. The van der Waals surface area contributed by atoms with Crippen LogP contribution in [0.15, 0.2) is 176 Å². The van der Waals surface area contributed by atoms with Gasteiger partial charge in [-0.2, -0.15) is 0 Å². The minimum Gasteiger partial charge on any atom is -0.508 e. The average molecular weight is 1310 g/mol. The fourth-order valence-corrected chi connectivity index (χ4v) is 16.3. The summed E-state index contributed by atoms with van der Waals surface area (Å²) in [6.45, 7) is -0.891. The Balaban J connectivity index is 1.10. The highest BCUT2D eigenvalue weighted by Gasteiger charge is 2.60. The summed E-state index contributed by atoms with van der Waals surface area (Å²) in [5.41, 5.74) is 3.29. The first kappa shape index (κ1) is 62.1. The molecule has 18 N–H and O–H groups in total. The summed E-state index contributed by atoms with van der Waals surface area (Å²) in [6, 6.07) is 41.8. The molecule has 1 saturated heterocycles. The largest absolute Gasteiger partial charge is 0.508 e. The van der Waals surface area contributed by atoms with Crippen molar-refractivity contribution in [3.8, 4) is 86.2 Å². The van der Waals surface area contributed by atoms with E-state index in [1.165, 1.54) is 103 Å². The Morgan fingerprint density at radius 2 is 0.825 bits per heavy atom. The second-order valence-electron chi connectivity index (χ2n) is 25.7. The molecule has 5 aliphatic rings. The highest BCUT2D eigenvalue weighted by molar-refractivity contribution is 5.77. The summed E-state index contributed by atoms with van der Waals surface area (Å²) in [4.78, 5) is 0. The van der Waals surface area contributed by atoms with E-state index in [4.69, 9.17) is 14.2 Å². The topological polar surface area (TPSA) is 392 Å². The van der Waals surface area contributed by atoms with Gasteiger partial charge in [-0.3, -0.25) is 0 Å². The van der Waals surface area contributed by atoms with Crippen LogP contribution in [0.1, 0.15) is 155 Å². The molecule has 0 amide bonds. The number of hydrogen-bond donors (Lipinski definition) is 18. The van der Waals surface area contributed by atoms with Crippen molar-refractivity contribution in [2.75, 3.05) is 6.61 Å². The lowest BCUT2D eigenvalue weighted by atomic mass is 9.67. The predicted octanol–water partition coefficient (Wildman–Crippen LogP) is 9.93. The molecule has 1 fully saturated rings. The van der Waals surface area contributed by atoms with E-state index >= 15 is 0 Å². The summed E-state index contributed by atoms with van der Waals surface area (Å²) < 4.78 is 20.5. The monoisotopic (exact) mass is 1310 g/mol. The van der Waals surface area contributed by atoms with Gasteiger partial charge in [-0.25, -0.2) is 0 Å². The van der Waals surface area contributed by atoms with Crippen LogP contribution in [-0.2, 0) is 4.74 Å². The normalized spacial score (nSPS) is 24.9. The number of fused-ring (bicyclic) bond motifs is 3. The van der Waals surface area contributed by atoms with Crippen molar-refractivity contribution < 1.29 is 106 Å². The van der Waals surface area contributed by atoms with E-state index in [0.717, 1.165) is 18.2 Å². The fraction of sp³-hybridized carbons (Fsp3) is 0.211. The molecule has 10 aromatic carbocycles. The third-order valence-corrected chi connectivity index (χ3v) is 20.2. The van der Waals surface area contributed by atoms with Crippen LogP contribution in [0.3, 0.4) is 0 Å². The molecule has 15 rings (SSSR count). The summed E-state index contributed by atoms with van der Waals surface area (Å²) in [6.07, 6.45) is -13.7. The van der Waals surface area contributed by atoms with E-state index in [1.54, 1.807) is 54.6 Å². The van der Waals surface area contributed by atoms with Crippen LogP contribution in [0.5, 0.6) is 86.2 Å². The molecule has 15 atom stereocenters. The minimum absolute atomic E-state index is 0.0637. The lowest BCUT2D eigenvalue weighted by molar-refractivity contribution is -0.232. The predicted molar refractivity (Wildman–Crippen MR) is 345 cm³/mol. The SMILES string of the molecule is OC[C@@H]1O[C@H](c2c(O)cc(O)cc2[C@@H](O)[C@H](c2ccc(O)cc2)c2c(O)c3c4c5c2O[C@H](c2ccc(O)cc2)[C@H]5c2cc(O)cc(O)c2[C@H](c2ccc(O)cc2)[C@@H]4[C@@H](c2cc(O)cc4c2[C@H](c2cc(O)cc(O)c2)[C@@H](c2ccc(O)cc2)O4)[C@@H]3c2ccc(O)cc2)[C@@H](O)[C@H](O)[C@H]1O. The highest BCUT2D eigenvalue weighted by atomic mass is 16.5. The number of aliphatic hydroxyl groups excluding tert-OH is 5. The molecular formula is C76H64O21. The molecule has 2 aliphatic carbocycles. The molecule has 0 saturated carbocycles. The first-order valence-corrected chi connectivity index (χ1v) is 31.3. The zero-order valence-electron chi connectivity index (χ0n) is 50.9. The summed E-state index contributed by atoms with van der Waals surface area (Å²) in [7, 11) is 0. The summed E-state index contributed by atoms with van der Waals surface area (Å²) >= 11 is 0. The zero-order valence-corrected chi connectivity index (χ0v) is 50.9. The lowest BCUT2D eigenvalue weighted by Crippen LogP contribution is -2.55. The van der Waals surface area contributed by atoms with Crippen LogP contribution in [0.2, 0.25) is 0 Å². The molecule has 3 heterocycles. The van der Waals surface area contributed by atoms with E-state index in [9.17, 15) is 91.9 Å². The van der Waals surface area contributed by atoms with Crippen molar-refractivity contribution in [1.82, 2.24) is 0 Å². The molecule has 494 valence electrons. The van der Waals surface area contributed by atoms with Gasteiger partial charge in [0.1, 0.15) is 129 Å². The van der Waals surface area contributed by atoms with Crippen LogP contribution in [0.25, 0.3) is 0 Å². The molecule has 0 bridgehead atoms. The van der Waals surface area contributed by atoms with Gasteiger partial charge >= 0.3 is 0 Å². The van der Waals surface area contributed by atoms with Crippen molar-refractivity contribution in [2.45, 2.75) is 90.3 Å². The van der Waals surface area contributed by atoms with Crippen LogP contribution < -0.4 is 9.47 Å². The Bertz CT molecular complexity index is 4710. The molecule has 0 unspecified atom stereocenters. The smallest absolute Gasteiger partial charge is 0.135 e. The standard InChI is InChI=1S/C76H64O21/c77-30-53-69(91)71(93)72(94)76(96-53)59-49(26-45(86)28-51(59)89)68(90)56(33-5-15-39(80)16-6-33)67-70(92)65-55(32-3-13-38(79)14-4-32)61(48-25-46(87)29-52-60(48)57(36-21-42(83)23-43(84)22-36)73(95-52)34-7-17-40(81)18-8-34)63-54(31-1-11-37(78)12-2-31)58-47(24-44(85)27-50(58)88)62-66(64(63)65)75(67)97-74(62)35-9-19-41(82)20-10-35/h1-29,53-57,61-63,68-69,71-74,76-94H,30H2/t53-,54-,55-,56+,57-,61-,62-,63+,68+,69-,71+,72-,73+,74+,76+/m0/s1. The van der Waals surface area contributed by atoms with Gasteiger partial charge < -0.3 is 106 Å². The van der Waals surface area contributed by atoms with Crippen molar-refractivity contribution in [1.29, 1.82) is 0 Å². The first-order chi connectivity index (χ1) is 46.6.